The Balaban J connectivity index is 1.64. The molecule has 1 amide bonds. The molecule has 0 aliphatic heterocycles. The minimum absolute atomic E-state index is 0.165. The zero-order chi connectivity index (χ0) is 17.3. The maximum absolute atomic E-state index is 13.8. The first-order valence-electron chi connectivity index (χ1n) is 7.78. The van der Waals surface area contributed by atoms with Gasteiger partial charge in [-0.15, -0.1) is 10.2 Å². The van der Waals surface area contributed by atoms with Gasteiger partial charge in [-0.2, -0.15) is 0 Å². The summed E-state index contributed by atoms with van der Waals surface area (Å²) in [5.41, 5.74) is 0.176. The minimum Gasteiger partial charge on any atom is -0.323 e. The fraction of sp³-hybridized carbons (Fsp3) is 0.438. The van der Waals surface area contributed by atoms with E-state index in [-0.39, 0.29) is 23.3 Å². The molecule has 8 heteroatoms. The zero-order valence-corrected chi connectivity index (χ0v) is 15.8. The van der Waals surface area contributed by atoms with Crippen LogP contribution in [0, 0.1) is 5.82 Å². The van der Waals surface area contributed by atoms with Crippen molar-refractivity contribution in [2.24, 2.45) is 0 Å². The number of hydrogen-bond donors (Lipinski definition) is 1. The van der Waals surface area contributed by atoms with E-state index in [0.29, 0.717) is 10.5 Å². The lowest BCUT2D eigenvalue weighted by Crippen LogP contribution is -2.15. The van der Waals surface area contributed by atoms with E-state index >= 15 is 0 Å². The molecule has 3 rings (SSSR count). The van der Waals surface area contributed by atoms with Crippen LogP contribution in [0.3, 0.4) is 0 Å². The zero-order valence-electron chi connectivity index (χ0n) is 13.4. The van der Waals surface area contributed by atoms with Gasteiger partial charge in [0.2, 0.25) is 5.91 Å². The number of nitrogens with zero attached hydrogens (tertiary/aromatic N) is 3. The number of carbonyl (C=O) groups is 1. The monoisotopic (exact) mass is 412 g/mol. The SMILES string of the molecule is CC(C)c1nnc(SCC(=O)Nc2ccc(Br)cc2F)n1C1CC1. The van der Waals surface area contributed by atoms with Crippen LogP contribution < -0.4 is 5.32 Å². The minimum atomic E-state index is -0.467. The van der Waals surface area contributed by atoms with E-state index in [0.717, 1.165) is 23.8 Å². The summed E-state index contributed by atoms with van der Waals surface area (Å²) in [6, 6.07) is 4.99. The number of rotatable bonds is 6. The van der Waals surface area contributed by atoms with Gasteiger partial charge in [-0.05, 0) is 31.0 Å². The molecule has 1 aromatic carbocycles. The molecule has 0 bridgehead atoms. The second kappa shape index (κ2) is 7.23. The number of anilines is 1. The lowest BCUT2D eigenvalue weighted by Gasteiger charge is -2.11. The van der Waals surface area contributed by atoms with Crippen molar-refractivity contribution in [3.8, 4) is 0 Å². The van der Waals surface area contributed by atoms with Crippen LogP contribution >= 0.6 is 27.7 Å². The van der Waals surface area contributed by atoms with E-state index in [1.807, 2.05) is 0 Å². The third kappa shape index (κ3) is 3.97. The topological polar surface area (TPSA) is 59.8 Å². The van der Waals surface area contributed by atoms with Crippen molar-refractivity contribution < 1.29 is 9.18 Å². The van der Waals surface area contributed by atoms with Gasteiger partial charge in [-0.25, -0.2) is 4.39 Å². The van der Waals surface area contributed by atoms with Gasteiger partial charge >= 0.3 is 0 Å². The van der Waals surface area contributed by atoms with E-state index in [1.54, 1.807) is 6.07 Å². The summed E-state index contributed by atoms with van der Waals surface area (Å²) in [6.07, 6.45) is 2.25. The summed E-state index contributed by atoms with van der Waals surface area (Å²) in [6.45, 7) is 4.17. The first kappa shape index (κ1) is 17.4. The van der Waals surface area contributed by atoms with E-state index in [4.69, 9.17) is 0 Å². The molecule has 5 nitrogen and oxygen atoms in total. The van der Waals surface area contributed by atoms with Crippen molar-refractivity contribution in [1.82, 2.24) is 14.8 Å². The second-order valence-corrected chi connectivity index (χ2v) is 7.92. The van der Waals surface area contributed by atoms with Gasteiger partial charge in [0.25, 0.3) is 0 Å². The molecule has 0 radical (unpaired) electrons. The van der Waals surface area contributed by atoms with Crippen LogP contribution in [0.2, 0.25) is 0 Å². The molecule has 2 aromatic rings. The number of carbonyl (C=O) groups excluding carboxylic acids is 1. The van der Waals surface area contributed by atoms with E-state index in [1.165, 1.54) is 23.9 Å². The van der Waals surface area contributed by atoms with Gasteiger partial charge in [0.1, 0.15) is 11.6 Å². The lowest BCUT2D eigenvalue weighted by atomic mass is 10.2. The summed E-state index contributed by atoms with van der Waals surface area (Å²) in [5.74, 6) is 0.680. The maximum atomic E-state index is 13.8. The predicted octanol–water partition coefficient (Wildman–Crippen LogP) is 4.37. The number of benzene rings is 1. The molecule has 1 aliphatic carbocycles. The van der Waals surface area contributed by atoms with Gasteiger partial charge in [0.15, 0.2) is 5.16 Å². The van der Waals surface area contributed by atoms with Gasteiger partial charge in [0, 0.05) is 16.4 Å². The highest BCUT2D eigenvalue weighted by molar-refractivity contribution is 9.10. The Morgan fingerprint density at radius 3 is 2.83 bits per heavy atom. The number of thioether (sulfide) groups is 1. The molecule has 24 heavy (non-hydrogen) atoms. The predicted molar refractivity (Wildman–Crippen MR) is 95.8 cm³/mol. The highest BCUT2D eigenvalue weighted by Crippen LogP contribution is 2.40. The largest absolute Gasteiger partial charge is 0.323 e. The molecule has 1 aliphatic rings. The third-order valence-electron chi connectivity index (χ3n) is 3.66. The molecule has 0 atom stereocenters. The molecule has 1 saturated carbocycles. The average molecular weight is 413 g/mol. The van der Waals surface area contributed by atoms with E-state index < -0.39 is 5.82 Å². The Morgan fingerprint density at radius 2 is 2.21 bits per heavy atom. The maximum Gasteiger partial charge on any atom is 0.234 e. The van der Waals surface area contributed by atoms with Gasteiger partial charge in [-0.3, -0.25) is 4.79 Å². The molecule has 1 aromatic heterocycles. The standard InChI is InChI=1S/C16H18BrFN4OS/c1-9(2)15-20-21-16(22(15)11-4-5-11)24-8-14(23)19-13-6-3-10(17)7-12(13)18/h3,6-7,9,11H,4-5,8H2,1-2H3,(H,19,23). The molecule has 0 unspecified atom stereocenters. The summed E-state index contributed by atoms with van der Waals surface area (Å²) in [5, 5.41) is 11.8. The Bertz CT molecular complexity index is 761. The normalized spacial score (nSPS) is 14.2. The third-order valence-corrected chi connectivity index (χ3v) is 5.09. The summed E-state index contributed by atoms with van der Waals surface area (Å²) in [7, 11) is 0. The molecule has 1 fully saturated rings. The van der Waals surface area contributed by atoms with E-state index in [9.17, 15) is 9.18 Å². The fourth-order valence-electron chi connectivity index (χ4n) is 2.36. The van der Waals surface area contributed by atoms with Crippen LogP contribution in [0.1, 0.15) is 44.5 Å². The Hall–Kier alpha value is -1.41. The van der Waals surface area contributed by atoms with Crippen molar-refractivity contribution in [3.63, 3.8) is 0 Å². The number of hydrogen-bond acceptors (Lipinski definition) is 4. The van der Waals surface area contributed by atoms with Crippen molar-refractivity contribution in [1.29, 1.82) is 0 Å². The van der Waals surface area contributed by atoms with Crippen molar-refractivity contribution >= 4 is 39.3 Å². The fourth-order valence-corrected chi connectivity index (χ4v) is 3.51. The summed E-state index contributed by atoms with van der Waals surface area (Å²) in [4.78, 5) is 12.1. The average Bonchev–Trinajstić information content (AvgIpc) is 3.27. The second-order valence-electron chi connectivity index (χ2n) is 6.06. The number of aromatic nitrogens is 3. The number of nitrogens with one attached hydrogen (secondary N) is 1. The first-order valence-corrected chi connectivity index (χ1v) is 9.56. The van der Waals surface area contributed by atoms with Crippen LogP contribution in [0.25, 0.3) is 0 Å². The lowest BCUT2D eigenvalue weighted by molar-refractivity contribution is -0.113. The smallest absolute Gasteiger partial charge is 0.234 e. The molecule has 128 valence electrons. The quantitative estimate of drug-likeness (QED) is 0.715. The van der Waals surface area contributed by atoms with Crippen LogP contribution in [0.15, 0.2) is 27.8 Å². The highest BCUT2D eigenvalue weighted by atomic mass is 79.9. The molecule has 0 spiro atoms. The van der Waals surface area contributed by atoms with Crippen LogP contribution in [0.5, 0.6) is 0 Å². The molecular formula is C16H18BrFN4OS. The Labute approximate surface area is 152 Å². The Morgan fingerprint density at radius 1 is 1.46 bits per heavy atom. The number of halogens is 2. The van der Waals surface area contributed by atoms with Crippen molar-refractivity contribution in [2.45, 2.75) is 43.8 Å². The molecular weight excluding hydrogens is 395 g/mol. The van der Waals surface area contributed by atoms with Gasteiger partial charge in [-0.1, -0.05) is 41.5 Å². The van der Waals surface area contributed by atoms with Crippen LogP contribution in [0.4, 0.5) is 10.1 Å². The van der Waals surface area contributed by atoms with Crippen LogP contribution in [-0.4, -0.2) is 26.4 Å². The van der Waals surface area contributed by atoms with Crippen LogP contribution in [-0.2, 0) is 4.79 Å². The Kier molecular flexibility index (Phi) is 5.24. The molecule has 0 saturated heterocycles. The highest BCUT2D eigenvalue weighted by Gasteiger charge is 2.30. The van der Waals surface area contributed by atoms with Crippen molar-refractivity contribution in [3.05, 3.63) is 34.3 Å². The number of amides is 1. The molecule has 1 N–H and O–H groups in total. The van der Waals surface area contributed by atoms with Crippen molar-refractivity contribution in [2.75, 3.05) is 11.1 Å². The van der Waals surface area contributed by atoms with Gasteiger partial charge < -0.3 is 9.88 Å². The molecule has 1 heterocycles. The van der Waals surface area contributed by atoms with E-state index in [2.05, 4.69) is 49.9 Å². The summed E-state index contributed by atoms with van der Waals surface area (Å²) < 4.78 is 16.5. The van der Waals surface area contributed by atoms with Gasteiger partial charge in [0.05, 0.1) is 11.4 Å². The first-order chi connectivity index (χ1) is 11.5. The summed E-state index contributed by atoms with van der Waals surface area (Å²) >= 11 is 4.53.